The Morgan fingerprint density at radius 2 is 1.53 bits per heavy atom. The number of amides is 1. The molecule has 3 heteroatoms. The zero-order chi connectivity index (χ0) is 13.4. The van der Waals surface area contributed by atoms with Crippen LogP contribution in [0.5, 0.6) is 0 Å². The van der Waals surface area contributed by atoms with E-state index in [0.717, 1.165) is 0 Å². The lowest BCUT2D eigenvalue weighted by Gasteiger charge is -2.25. The topological polar surface area (TPSA) is 20.3 Å². The largest absolute Gasteiger partial charge is 0.334 e. The molecule has 0 heterocycles. The summed E-state index contributed by atoms with van der Waals surface area (Å²) in [5.41, 5.74) is 4.75. The molecule has 1 amide bonds. The van der Waals surface area contributed by atoms with Gasteiger partial charge in [-0.3, -0.25) is 4.79 Å². The van der Waals surface area contributed by atoms with Crippen LogP contribution >= 0.6 is 11.6 Å². The summed E-state index contributed by atoms with van der Waals surface area (Å²) in [5.74, 6) is -0.0460. The van der Waals surface area contributed by atoms with Gasteiger partial charge in [0.05, 0.1) is 6.04 Å². The molecule has 0 atom stereocenters. The van der Waals surface area contributed by atoms with E-state index < -0.39 is 0 Å². The van der Waals surface area contributed by atoms with Crippen molar-refractivity contribution in [1.29, 1.82) is 0 Å². The van der Waals surface area contributed by atoms with Crippen molar-refractivity contribution >= 4 is 17.5 Å². The Hall–Kier alpha value is -1.80. The van der Waals surface area contributed by atoms with Crippen LogP contribution in [0.3, 0.4) is 0 Å². The number of rotatable bonds is 2. The molecule has 0 radical (unpaired) electrons. The molecule has 0 unspecified atom stereocenters. The monoisotopic (exact) mass is 271 g/mol. The van der Waals surface area contributed by atoms with E-state index in [1.54, 1.807) is 4.90 Å². The number of fused-ring (bicyclic) bond motifs is 3. The lowest BCUT2D eigenvalue weighted by atomic mass is 10.0. The van der Waals surface area contributed by atoms with Crippen LogP contribution < -0.4 is 0 Å². The molecular weight excluding hydrogens is 258 g/mol. The zero-order valence-corrected chi connectivity index (χ0v) is 11.4. The van der Waals surface area contributed by atoms with Crippen LogP contribution in [-0.4, -0.2) is 23.7 Å². The van der Waals surface area contributed by atoms with Crippen molar-refractivity contribution in [1.82, 2.24) is 4.90 Å². The molecule has 0 aromatic heterocycles. The highest BCUT2D eigenvalue weighted by molar-refractivity contribution is 6.27. The Morgan fingerprint density at radius 1 is 1.05 bits per heavy atom. The van der Waals surface area contributed by atoms with Crippen LogP contribution in [0.4, 0.5) is 0 Å². The second-order valence-corrected chi connectivity index (χ2v) is 4.98. The number of halogens is 1. The van der Waals surface area contributed by atoms with Crippen LogP contribution in [0.1, 0.15) is 17.2 Å². The standard InChI is InChI=1S/C16H14ClNO/c1-18(15(19)10-17)16-13-8-4-2-6-11(13)12-7-3-5-9-14(12)16/h2-9,16H,10H2,1H3. The average Bonchev–Trinajstić information content (AvgIpc) is 2.80. The highest BCUT2D eigenvalue weighted by atomic mass is 35.5. The normalized spacial score (nSPS) is 12.9. The van der Waals surface area contributed by atoms with Crippen molar-refractivity contribution in [2.45, 2.75) is 6.04 Å². The third kappa shape index (κ3) is 1.83. The molecule has 2 aromatic carbocycles. The van der Waals surface area contributed by atoms with Crippen molar-refractivity contribution in [3.8, 4) is 11.1 Å². The molecule has 0 saturated heterocycles. The fourth-order valence-electron chi connectivity index (χ4n) is 2.78. The molecule has 2 aromatic rings. The van der Waals surface area contributed by atoms with Gasteiger partial charge in [0, 0.05) is 7.05 Å². The fourth-order valence-corrected chi connectivity index (χ4v) is 2.97. The van der Waals surface area contributed by atoms with Crippen molar-refractivity contribution in [3.63, 3.8) is 0 Å². The fraction of sp³-hybridized carbons (Fsp3) is 0.188. The molecule has 3 rings (SSSR count). The maximum absolute atomic E-state index is 11.9. The van der Waals surface area contributed by atoms with Crippen LogP contribution in [0.15, 0.2) is 48.5 Å². The third-order valence-corrected chi connectivity index (χ3v) is 3.92. The summed E-state index contributed by atoms with van der Waals surface area (Å²) in [4.78, 5) is 13.6. The molecule has 0 aliphatic heterocycles. The molecule has 19 heavy (non-hydrogen) atoms. The first-order valence-electron chi connectivity index (χ1n) is 6.24. The minimum atomic E-state index is -0.0572. The highest BCUT2D eigenvalue weighted by Gasteiger charge is 2.32. The molecule has 0 bridgehead atoms. The number of hydrogen-bond donors (Lipinski definition) is 0. The number of benzene rings is 2. The van der Waals surface area contributed by atoms with Gasteiger partial charge in [0.2, 0.25) is 5.91 Å². The van der Waals surface area contributed by atoms with Crippen LogP contribution in [0, 0.1) is 0 Å². The second-order valence-electron chi connectivity index (χ2n) is 4.72. The first kappa shape index (κ1) is 12.2. The Kier molecular flexibility index (Phi) is 3.03. The van der Waals surface area contributed by atoms with Crippen LogP contribution in [0.2, 0.25) is 0 Å². The number of alkyl halides is 1. The molecular formula is C16H14ClNO. The first-order chi connectivity index (χ1) is 9.24. The van der Waals surface area contributed by atoms with Crippen molar-refractivity contribution in [3.05, 3.63) is 59.7 Å². The molecule has 1 aliphatic rings. The summed E-state index contributed by atoms with van der Waals surface area (Å²) in [6, 6.07) is 16.4. The summed E-state index contributed by atoms with van der Waals surface area (Å²) in [7, 11) is 1.81. The predicted octanol–water partition coefficient (Wildman–Crippen LogP) is 3.45. The van der Waals surface area contributed by atoms with Gasteiger partial charge in [-0.25, -0.2) is 0 Å². The summed E-state index contributed by atoms with van der Waals surface area (Å²) in [6.07, 6.45) is 0. The van der Waals surface area contributed by atoms with E-state index >= 15 is 0 Å². The maximum Gasteiger partial charge on any atom is 0.238 e. The van der Waals surface area contributed by atoms with E-state index in [0.29, 0.717) is 0 Å². The van der Waals surface area contributed by atoms with E-state index in [-0.39, 0.29) is 17.8 Å². The Bertz CT molecular complexity index is 593. The number of nitrogens with zero attached hydrogens (tertiary/aromatic N) is 1. The maximum atomic E-state index is 11.9. The lowest BCUT2D eigenvalue weighted by Crippen LogP contribution is -2.31. The lowest BCUT2D eigenvalue weighted by molar-refractivity contribution is -0.128. The van der Waals surface area contributed by atoms with Gasteiger partial charge in [0.15, 0.2) is 0 Å². The summed E-state index contributed by atoms with van der Waals surface area (Å²) in [6.45, 7) is 0. The minimum absolute atomic E-state index is 0.0112. The van der Waals surface area contributed by atoms with Gasteiger partial charge in [-0.2, -0.15) is 0 Å². The van der Waals surface area contributed by atoms with Gasteiger partial charge in [-0.15, -0.1) is 11.6 Å². The predicted molar refractivity (Wildman–Crippen MR) is 77.2 cm³/mol. The molecule has 0 spiro atoms. The van der Waals surface area contributed by atoms with Crippen molar-refractivity contribution in [2.75, 3.05) is 12.9 Å². The second kappa shape index (κ2) is 4.71. The van der Waals surface area contributed by atoms with E-state index in [9.17, 15) is 4.79 Å². The molecule has 1 aliphatic carbocycles. The molecule has 2 nitrogen and oxygen atoms in total. The summed E-state index contributed by atoms with van der Waals surface area (Å²) in [5, 5.41) is 0. The quantitative estimate of drug-likeness (QED) is 0.766. The van der Waals surface area contributed by atoms with Gasteiger partial charge in [-0.1, -0.05) is 48.5 Å². The summed E-state index contributed by atoms with van der Waals surface area (Å²) >= 11 is 5.69. The number of carbonyl (C=O) groups excluding carboxylic acids is 1. The van der Waals surface area contributed by atoms with E-state index in [2.05, 4.69) is 24.3 Å². The molecule has 0 N–H and O–H groups in total. The molecule has 0 saturated carbocycles. The van der Waals surface area contributed by atoms with E-state index in [4.69, 9.17) is 11.6 Å². The smallest absolute Gasteiger partial charge is 0.238 e. The van der Waals surface area contributed by atoms with Crippen molar-refractivity contribution < 1.29 is 4.79 Å². The van der Waals surface area contributed by atoms with Gasteiger partial charge in [-0.05, 0) is 22.3 Å². The highest BCUT2D eigenvalue weighted by Crippen LogP contribution is 2.45. The molecule has 0 fully saturated rings. The SMILES string of the molecule is CN(C(=O)CCl)C1c2ccccc2-c2ccccc21. The minimum Gasteiger partial charge on any atom is -0.334 e. The van der Waals surface area contributed by atoms with Crippen molar-refractivity contribution in [2.24, 2.45) is 0 Å². The zero-order valence-electron chi connectivity index (χ0n) is 10.6. The third-order valence-electron chi connectivity index (χ3n) is 3.70. The van der Waals surface area contributed by atoms with Crippen LogP contribution in [-0.2, 0) is 4.79 Å². The summed E-state index contributed by atoms with van der Waals surface area (Å²) < 4.78 is 0. The Balaban J connectivity index is 2.17. The Morgan fingerprint density at radius 3 is 2.00 bits per heavy atom. The Labute approximate surface area is 117 Å². The first-order valence-corrected chi connectivity index (χ1v) is 6.77. The van der Waals surface area contributed by atoms with Gasteiger partial charge in [0.1, 0.15) is 5.88 Å². The van der Waals surface area contributed by atoms with E-state index in [1.165, 1.54) is 22.3 Å². The average molecular weight is 272 g/mol. The van der Waals surface area contributed by atoms with Gasteiger partial charge < -0.3 is 4.90 Å². The van der Waals surface area contributed by atoms with Crippen LogP contribution in [0.25, 0.3) is 11.1 Å². The van der Waals surface area contributed by atoms with Gasteiger partial charge in [0.25, 0.3) is 0 Å². The van der Waals surface area contributed by atoms with E-state index in [1.807, 2.05) is 31.3 Å². The molecule has 96 valence electrons. The number of hydrogen-bond acceptors (Lipinski definition) is 1. The number of carbonyl (C=O) groups is 1. The van der Waals surface area contributed by atoms with Gasteiger partial charge >= 0.3 is 0 Å².